The Balaban J connectivity index is 4.12. The molecule has 0 aliphatic carbocycles. The van der Waals surface area contributed by atoms with E-state index < -0.39 is 5.91 Å². The largest absolute Gasteiger partial charge is 0.387 e. The number of aliphatic imine (C=N–C) groups is 1. The number of hydrogen-bond donors (Lipinski definition) is 2. The summed E-state index contributed by atoms with van der Waals surface area (Å²) >= 11 is 0. The minimum absolute atomic E-state index is 0.0247. The third-order valence-electron chi connectivity index (χ3n) is 1.17. The van der Waals surface area contributed by atoms with E-state index in [0.717, 1.165) is 0 Å². The average molecular weight is 157 g/mol. The Bertz CT molecular complexity index is 179. The van der Waals surface area contributed by atoms with Crippen molar-refractivity contribution < 1.29 is 4.79 Å². The smallest absolute Gasteiger partial charge is 0.239 e. The summed E-state index contributed by atoms with van der Waals surface area (Å²) < 4.78 is 0. The van der Waals surface area contributed by atoms with Crippen LogP contribution in [0.15, 0.2) is 4.99 Å². The van der Waals surface area contributed by atoms with Crippen LogP contribution in [0.4, 0.5) is 0 Å². The number of rotatable bonds is 2. The third kappa shape index (κ3) is 4.36. The van der Waals surface area contributed by atoms with Crippen LogP contribution in [0.1, 0.15) is 20.8 Å². The Hall–Kier alpha value is -1.06. The highest BCUT2D eigenvalue weighted by Crippen LogP contribution is 2.12. The second kappa shape index (κ2) is 3.37. The van der Waals surface area contributed by atoms with Crippen LogP contribution in [0.25, 0.3) is 0 Å². The van der Waals surface area contributed by atoms with Crippen LogP contribution in [-0.2, 0) is 4.79 Å². The number of primary amides is 1. The highest BCUT2D eigenvalue weighted by atomic mass is 16.1. The van der Waals surface area contributed by atoms with E-state index in [1.807, 2.05) is 20.8 Å². The molecule has 0 spiro atoms. The number of carbonyl (C=O) groups is 1. The molecule has 0 unspecified atom stereocenters. The molecule has 0 aliphatic rings. The van der Waals surface area contributed by atoms with Gasteiger partial charge in [-0.15, -0.1) is 0 Å². The first-order chi connectivity index (χ1) is 4.84. The topological polar surface area (TPSA) is 81.5 Å². The molecule has 0 heterocycles. The Morgan fingerprint density at radius 1 is 1.36 bits per heavy atom. The van der Waals surface area contributed by atoms with Gasteiger partial charge in [0, 0.05) is 5.41 Å². The van der Waals surface area contributed by atoms with Crippen molar-refractivity contribution in [2.45, 2.75) is 20.8 Å². The molecular weight excluding hydrogens is 142 g/mol. The monoisotopic (exact) mass is 157 g/mol. The molecule has 4 nitrogen and oxygen atoms in total. The first-order valence-electron chi connectivity index (χ1n) is 3.42. The van der Waals surface area contributed by atoms with E-state index in [4.69, 9.17) is 11.5 Å². The van der Waals surface area contributed by atoms with Gasteiger partial charge < -0.3 is 11.5 Å². The standard InChI is InChI=1S/C7H15N3O/c1-7(2,3)6(9)10-4-5(8)11/h4H2,1-3H3,(H2,8,11)(H2,9,10). The molecule has 0 aromatic rings. The van der Waals surface area contributed by atoms with Gasteiger partial charge in [-0.1, -0.05) is 20.8 Å². The molecule has 0 radical (unpaired) electrons. The van der Waals surface area contributed by atoms with E-state index in [0.29, 0.717) is 5.84 Å². The fourth-order valence-corrected chi connectivity index (χ4v) is 0.400. The lowest BCUT2D eigenvalue weighted by Crippen LogP contribution is -2.30. The summed E-state index contributed by atoms with van der Waals surface area (Å²) in [7, 11) is 0. The summed E-state index contributed by atoms with van der Waals surface area (Å²) in [6.45, 7) is 5.75. The van der Waals surface area contributed by atoms with Crippen LogP contribution >= 0.6 is 0 Å². The molecule has 0 atom stereocenters. The SMILES string of the molecule is CC(C)(C)C(N)=NCC(N)=O. The fraction of sp³-hybridized carbons (Fsp3) is 0.714. The van der Waals surface area contributed by atoms with Crippen molar-refractivity contribution in [3.63, 3.8) is 0 Å². The van der Waals surface area contributed by atoms with Gasteiger partial charge in [-0.05, 0) is 0 Å². The van der Waals surface area contributed by atoms with Gasteiger partial charge >= 0.3 is 0 Å². The molecule has 4 N–H and O–H groups in total. The Morgan fingerprint density at radius 3 is 2.09 bits per heavy atom. The molecule has 0 bridgehead atoms. The number of nitrogens with zero attached hydrogens (tertiary/aromatic N) is 1. The second-order valence-electron chi connectivity index (χ2n) is 3.42. The zero-order valence-electron chi connectivity index (χ0n) is 7.22. The number of hydrogen-bond acceptors (Lipinski definition) is 2. The van der Waals surface area contributed by atoms with Gasteiger partial charge in [-0.2, -0.15) is 0 Å². The van der Waals surface area contributed by atoms with Gasteiger partial charge in [0.25, 0.3) is 0 Å². The van der Waals surface area contributed by atoms with E-state index >= 15 is 0 Å². The van der Waals surface area contributed by atoms with Crippen molar-refractivity contribution >= 4 is 11.7 Å². The summed E-state index contributed by atoms with van der Waals surface area (Å²) in [5, 5.41) is 0. The van der Waals surface area contributed by atoms with E-state index in [1.165, 1.54) is 0 Å². The van der Waals surface area contributed by atoms with Crippen LogP contribution in [0.2, 0.25) is 0 Å². The lowest BCUT2D eigenvalue weighted by Gasteiger charge is -2.16. The minimum atomic E-state index is -0.461. The minimum Gasteiger partial charge on any atom is -0.387 e. The van der Waals surface area contributed by atoms with Crippen molar-refractivity contribution in [3.05, 3.63) is 0 Å². The summed E-state index contributed by atoms with van der Waals surface area (Å²) in [5.74, 6) is -0.00602. The molecule has 0 fully saturated rings. The second-order valence-corrected chi connectivity index (χ2v) is 3.42. The first kappa shape index (κ1) is 9.94. The zero-order valence-corrected chi connectivity index (χ0v) is 7.22. The van der Waals surface area contributed by atoms with Crippen molar-refractivity contribution in [2.75, 3.05) is 6.54 Å². The Labute approximate surface area is 66.7 Å². The number of amidine groups is 1. The molecule has 0 aromatic heterocycles. The van der Waals surface area contributed by atoms with Crippen LogP contribution in [0.5, 0.6) is 0 Å². The average Bonchev–Trinajstić information content (AvgIpc) is 1.80. The molecule has 4 heteroatoms. The fourth-order valence-electron chi connectivity index (χ4n) is 0.400. The maximum absolute atomic E-state index is 10.3. The maximum atomic E-state index is 10.3. The van der Waals surface area contributed by atoms with Crippen LogP contribution in [0.3, 0.4) is 0 Å². The third-order valence-corrected chi connectivity index (χ3v) is 1.17. The molecular formula is C7H15N3O. The van der Waals surface area contributed by atoms with Crippen molar-refractivity contribution in [3.8, 4) is 0 Å². The van der Waals surface area contributed by atoms with Crippen LogP contribution in [0, 0.1) is 5.41 Å². The quantitative estimate of drug-likeness (QED) is 0.432. The number of amides is 1. The van der Waals surface area contributed by atoms with Gasteiger partial charge in [0.2, 0.25) is 5.91 Å². The number of nitrogens with two attached hydrogens (primary N) is 2. The summed E-state index contributed by atoms with van der Waals surface area (Å²) in [4.78, 5) is 14.1. The molecule has 0 rings (SSSR count). The van der Waals surface area contributed by atoms with Gasteiger partial charge in [-0.25, -0.2) is 0 Å². The summed E-state index contributed by atoms with van der Waals surface area (Å²) in [6.07, 6.45) is 0. The Morgan fingerprint density at radius 2 is 1.82 bits per heavy atom. The summed E-state index contributed by atoms with van der Waals surface area (Å²) in [6, 6.07) is 0. The van der Waals surface area contributed by atoms with Crippen molar-refractivity contribution in [2.24, 2.45) is 21.9 Å². The van der Waals surface area contributed by atoms with Gasteiger partial charge in [0.15, 0.2) is 0 Å². The van der Waals surface area contributed by atoms with E-state index in [-0.39, 0.29) is 12.0 Å². The molecule has 0 aromatic carbocycles. The number of carbonyl (C=O) groups excluding carboxylic acids is 1. The predicted molar refractivity (Wildman–Crippen MR) is 45.1 cm³/mol. The van der Waals surface area contributed by atoms with Gasteiger partial charge in [0.1, 0.15) is 6.54 Å². The summed E-state index contributed by atoms with van der Waals surface area (Å²) in [5.41, 5.74) is 10.2. The predicted octanol–water partition coefficient (Wildman–Crippen LogP) is -0.125. The Kier molecular flexibility index (Phi) is 3.04. The molecule has 0 saturated heterocycles. The van der Waals surface area contributed by atoms with E-state index in [2.05, 4.69) is 4.99 Å². The first-order valence-corrected chi connectivity index (χ1v) is 3.42. The highest BCUT2D eigenvalue weighted by Gasteiger charge is 2.14. The molecule has 1 amide bonds. The van der Waals surface area contributed by atoms with Crippen LogP contribution < -0.4 is 11.5 Å². The van der Waals surface area contributed by atoms with Crippen molar-refractivity contribution in [1.82, 2.24) is 0 Å². The lowest BCUT2D eigenvalue weighted by atomic mass is 9.95. The van der Waals surface area contributed by atoms with E-state index in [9.17, 15) is 4.79 Å². The van der Waals surface area contributed by atoms with Crippen molar-refractivity contribution in [1.29, 1.82) is 0 Å². The normalized spacial score (nSPS) is 13.2. The van der Waals surface area contributed by atoms with E-state index in [1.54, 1.807) is 0 Å². The molecule has 11 heavy (non-hydrogen) atoms. The lowest BCUT2D eigenvalue weighted by molar-refractivity contribution is -0.116. The highest BCUT2D eigenvalue weighted by molar-refractivity contribution is 5.88. The zero-order chi connectivity index (χ0) is 9.07. The van der Waals surface area contributed by atoms with Gasteiger partial charge in [0.05, 0.1) is 5.84 Å². The maximum Gasteiger partial charge on any atom is 0.239 e. The van der Waals surface area contributed by atoms with Gasteiger partial charge in [-0.3, -0.25) is 9.79 Å². The molecule has 64 valence electrons. The molecule has 0 aliphatic heterocycles. The molecule has 0 saturated carbocycles. The van der Waals surface area contributed by atoms with Crippen LogP contribution in [-0.4, -0.2) is 18.3 Å².